The zero-order chi connectivity index (χ0) is 13.8. The van der Waals surface area contributed by atoms with Crippen LogP contribution in [0.4, 0.5) is 0 Å². The maximum Gasteiger partial charge on any atom is 0.265 e. The molecule has 0 heterocycles. The predicted octanol–water partition coefficient (Wildman–Crippen LogP) is 3.38. The van der Waals surface area contributed by atoms with Crippen molar-refractivity contribution in [2.24, 2.45) is 0 Å². The number of hydrogen-bond acceptors (Lipinski definition) is 1. The quantitative estimate of drug-likeness (QED) is 0.453. The smallest absolute Gasteiger partial charge is 0.265 e. The lowest BCUT2D eigenvalue weighted by molar-refractivity contribution is 0.0803. The standard InChI is InChI=1S/C15H21NOSi/c1-13(2)16(11-12-18(3,4)5)15(17)14-9-7-6-8-10-14/h6-10,13H,1-5H3. The van der Waals surface area contributed by atoms with Gasteiger partial charge < -0.3 is 0 Å². The van der Waals surface area contributed by atoms with Gasteiger partial charge in [-0.2, -0.15) is 0 Å². The largest absolute Gasteiger partial charge is 0.268 e. The van der Waals surface area contributed by atoms with Gasteiger partial charge in [0.05, 0.1) is 0 Å². The Kier molecular flexibility index (Phi) is 4.74. The number of amides is 1. The van der Waals surface area contributed by atoms with Crippen molar-refractivity contribution < 1.29 is 4.79 Å². The average molecular weight is 259 g/mol. The van der Waals surface area contributed by atoms with Crippen LogP contribution in [-0.4, -0.2) is 24.9 Å². The van der Waals surface area contributed by atoms with Crippen molar-refractivity contribution in [1.82, 2.24) is 4.90 Å². The summed E-state index contributed by atoms with van der Waals surface area (Å²) < 4.78 is 0. The summed E-state index contributed by atoms with van der Waals surface area (Å²) in [5.74, 6) is -0.0173. The van der Waals surface area contributed by atoms with Crippen molar-refractivity contribution >= 4 is 14.0 Å². The lowest BCUT2D eigenvalue weighted by Gasteiger charge is -2.20. The normalized spacial score (nSPS) is 10.8. The minimum Gasteiger partial charge on any atom is -0.268 e. The van der Waals surface area contributed by atoms with Crippen molar-refractivity contribution in [2.75, 3.05) is 0 Å². The van der Waals surface area contributed by atoms with E-state index in [2.05, 4.69) is 31.2 Å². The maximum absolute atomic E-state index is 12.3. The summed E-state index contributed by atoms with van der Waals surface area (Å²) in [7, 11) is -1.47. The van der Waals surface area contributed by atoms with Crippen molar-refractivity contribution in [2.45, 2.75) is 39.5 Å². The first-order valence-corrected chi connectivity index (χ1v) is 9.72. The van der Waals surface area contributed by atoms with Crippen LogP contribution in [0.15, 0.2) is 30.3 Å². The van der Waals surface area contributed by atoms with E-state index in [9.17, 15) is 4.79 Å². The first-order valence-electron chi connectivity index (χ1n) is 6.22. The van der Waals surface area contributed by atoms with Crippen molar-refractivity contribution in [3.05, 3.63) is 35.9 Å². The molecule has 0 fully saturated rings. The Morgan fingerprint density at radius 3 is 2.17 bits per heavy atom. The van der Waals surface area contributed by atoms with Gasteiger partial charge in [-0.3, -0.25) is 9.69 Å². The highest BCUT2D eigenvalue weighted by molar-refractivity contribution is 6.83. The summed E-state index contributed by atoms with van der Waals surface area (Å²) in [4.78, 5) is 14.0. The molecule has 1 amide bonds. The molecule has 0 aliphatic carbocycles. The van der Waals surface area contributed by atoms with Gasteiger partial charge in [0.15, 0.2) is 0 Å². The molecule has 2 nitrogen and oxygen atoms in total. The molecule has 3 heteroatoms. The first kappa shape index (κ1) is 14.5. The molecule has 0 saturated carbocycles. The molecule has 0 radical (unpaired) electrons. The zero-order valence-electron chi connectivity index (χ0n) is 11.8. The van der Waals surface area contributed by atoms with Gasteiger partial charge in [0.25, 0.3) is 5.91 Å². The average Bonchev–Trinajstić information content (AvgIpc) is 2.28. The Morgan fingerprint density at radius 2 is 1.72 bits per heavy atom. The molecule has 1 aromatic carbocycles. The number of carbonyl (C=O) groups excluding carboxylic acids is 1. The third kappa shape index (κ3) is 4.38. The van der Waals surface area contributed by atoms with Crippen molar-refractivity contribution in [3.63, 3.8) is 0 Å². The van der Waals surface area contributed by atoms with Gasteiger partial charge in [0.1, 0.15) is 8.07 Å². The molecule has 0 unspecified atom stereocenters. The van der Waals surface area contributed by atoms with E-state index in [1.165, 1.54) is 0 Å². The maximum atomic E-state index is 12.3. The molecule has 0 aliphatic rings. The molecule has 1 rings (SSSR count). The van der Waals surface area contributed by atoms with Crippen LogP contribution in [0.2, 0.25) is 19.6 Å². The lowest BCUT2D eigenvalue weighted by Crippen LogP contribution is -2.33. The number of rotatable bonds is 2. The van der Waals surface area contributed by atoms with Crippen molar-refractivity contribution in [1.29, 1.82) is 0 Å². The molecule has 96 valence electrons. The number of nitrogens with zero attached hydrogens (tertiary/aromatic N) is 1. The molecule has 0 aromatic heterocycles. The summed E-state index contributed by atoms with van der Waals surface area (Å²) in [5.41, 5.74) is 3.94. The topological polar surface area (TPSA) is 20.3 Å². The van der Waals surface area contributed by atoms with E-state index < -0.39 is 8.07 Å². The second-order valence-corrected chi connectivity index (χ2v) is 10.4. The fraction of sp³-hybridized carbons (Fsp3) is 0.400. The van der Waals surface area contributed by atoms with Crippen LogP contribution < -0.4 is 0 Å². The highest BCUT2D eigenvalue weighted by Gasteiger charge is 2.17. The molecular weight excluding hydrogens is 238 g/mol. The van der Waals surface area contributed by atoms with E-state index in [0.29, 0.717) is 5.56 Å². The molecule has 0 saturated heterocycles. The van der Waals surface area contributed by atoms with Gasteiger partial charge in [-0.1, -0.05) is 37.8 Å². The van der Waals surface area contributed by atoms with Crippen LogP contribution >= 0.6 is 0 Å². The molecule has 18 heavy (non-hydrogen) atoms. The summed E-state index contributed by atoms with van der Waals surface area (Å²) in [5, 5.41) is 0. The summed E-state index contributed by atoms with van der Waals surface area (Å²) >= 11 is 0. The van der Waals surface area contributed by atoms with Gasteiger partial charge >= 0.3 is 0 Å². The van der Waals surface area contributed by atoms with Gasteiger partial charge in [-0.15, -0.1) is 5.54 Å². The monoisotopic (exact) mass is 259 g/mol. The van der Waals surface area contributed by atoms with Crippen LogP contribution in [0.1, 0.15) is 24.2 Å². The molecule has 0 N–H and O–H groups in total. The van der Waals surface area contributed by atoms with E-state index in [0.717, 1.165) is 0 Å². The van der Waals surface area contributed by atoms with Crippen LogP contribution in [-0.2, 0) is 0 Å². The Labute approximate surface area is 111 Å². The molecule has 1 aromatic rings. The second-order valence-electron chi connectivity index (χ2n) is 5.62. The first-order chi connectivity index (χ1) is 8.31. The molecule has 0 atom stereocenters. The Hall–Kier alpha value is -1.53. The number of carbonyl (C=O) groups is 1. The van der Waals surface area contributed by atoms with Crippen LogP contribution in [0, 0.1) is 11.6 Å². The van der Waals surface area contributed by atoms with Gasteiger partial charge in [-0.25, -0.2) is 0 Å². The SMILES string of the molecule is CC(C)N(C#C[Si](C)(C)C)C(=O)c1ccccc1. The van der Waals surface area contributed by atoms with E-state index in [-0.39, 0.29) is 11.9 Å². The third-order valence-corrected chi connectivity index (χ3v) is 3.17. The van der Waals surface area contributed by atoms with Gasteiger partial charge in [0, 0.05) is 17.6 Å². The molecule has 0 bridgehead atoms. The van der Waals surface area contributed by atoms with Crippen LogP contribution in [0.25, 0.3) is 0 Å². The fourth-order valence-corrected chi connectivity index (χ4v) is 1.82. The van der Waals surface area contributed by atoms with Crippen LogP contribution in [0.5, 0.6) is 0 Å². The number of hydrogen-bond donors (Lipinski definition) is 0. The Morgan fingerprint density at radius 1 is 1.17 bits per heavy atom. The van der Waals surface area contributed by atoms with Crippen molar-refractivity contribution in [3.8, 4) is 11.6 Å². The molecular formula is C15H21NOSi. The minimum atomic E-state index is -1.47. The fourth-order valence-electron chi connectivity index (χ4n) is 1.36. The highest BCUT2D eigenvalue weighted by atomic mass is 28.3. The number of benzene rings is 1. The van der Waals surface area contributed by atoms with E-state index in [1.54, 1.807) is 4.90 Å². The van der Waals surface area contributed by atoms with Crippen LogP contribution in [0.3, 0.4) is 0 Å². The van der Waals surface area contributed by atoms with E-state index in [4.69, 9.17) is 0 Å². The summed E-state index contributed by atoms with van der Waals surface area (Å²) in [6.07, 6.45) is 0. The lowest BCUT2D eigenvalue weighted by atomic mass is 10.2. The Bertz CT molecular complexity index is 463. The van der Waals surface area contributed by atoms with E-state index >= 15 is 0 Å². The highest BCUT2D eigenvalue weighted by Crippen LogP contribution is 2.08. The zero-order valence-corrected chi connectivity index (χ0v) is 12.8. The predicted molar refractivity (Wildman–Crippen MR) is 78.9 cm³/mol. The van der Waals surface area contributed by atoms with E-state index in [1.807, 2.05) is 44.2 Å². The third-order valence-electron chi connectivity index (χ3n) is 2.31. The summed E-state index contributed by atoms with van der Waals surface area (Å²) in [6, 6.07) is 12.4. The van der Waals surface area contributed by atoms with Gasteiger partial charge in [-0.05, 0) is 26.0 Å². The second kappa shape index (κ2) is 5.88. The molecule has 0 spiro atoms. The summed E-state index contributed by atoms with van der Waals surface area (Å²) in [6.45, 7) is 10.5. The Balaban J connectivity index is 3.00. The molecule has 0 aliphatic heterocycles. The van der Waals surface area contributed by atoms with Gasteiger partial charge in [0.2, 0.25) is 0 Å². The minimum absolute atomic E-state index is 0.0173.